The number of nitrogens with two attached hydrogens (primary N) is 1. The fourth-order valence-corrected chi connectivity index (χ4v) is 1.98. The first-order valence-corrected chi connectivity index (χ1v) is 5.33. The summed E-state index contributed by atoms with van der Waals surface area (Å²) in [7, 11) is 0. The summed E-state index contributed by atoms with van der Waals surface area (Å²) in [6, 6.07) is 6.47. The predicted octanol–water partition coefficient (Wildman–Crippen LogP) is 2.42. The van der Waals surface area contributed by atoms with E-state index in [-0.39, 0.29) is 6.04 Å². The number of ether oxygens (including phenoxy) is 1. The maximum Gasteiger partial charge on any atom is 0.127 e. The monoisotopic (exact) mass is 191 g/mol. The Labute approximate surface area is 85.1 Å². The van der Waals surface area contributed by atoms with Crippen LogP contribution >= 0.6 is 0 Å². The van der Waals surface area contributed by atoms with Crippen molar-refractivity contribution in [1.82, 2.24) is 0 Å². The third-order valence-corrected chi connectivity index (χ3v) is 2.72. The predicted molar refractivity (Wildman–Crippen MR) is 57.5 cm³/mol. The first-order valence-electron chi connectivity index (χ1n) is 5.33. The molecular formula is C12H17NO. The molecule has 0 saturated heterocycles. The smallest absolute Gasteiger partial charge is 0.127 e. The van der Waals surface area contributed by atoms with Gasteiger partial charge in [0.15, 0.2) is 0 Å². The summed E-state index contributed by atoms with van der Waals surface area (Å²) in [6.45, 7) is 2.94. The van der Waals surface area contributed by atoms with Gasteiger partial charge in [-0.15, -0.1) is 0 Å². The van der Waals surface area contributed by atoms with E-state index >= 15 is 0 Å². The van der Waals surface area contributed by atoms with Gasteiger partial charge in [-0.05, 0) is 12.0 Å². The molecule has 2 rings (SSSR count). The van der Waals surface area contributed by atoms with Crippen LogP contribution in [-0.4, -0.2) is 6.61 Å². The van der Waals surface area contributed by atoms with Gasteiger partial charge in [0.1, 0.15) is 5.75 Å². The number of fused-ring (bicyclic) bond motifs is 1. The van der Waals surface area contributed by atoms with Crippen molar-refractivity contribution in [2.45, 2.75) is 32.2 Å². The normalized spacial score (nSPS) is 20.0. The summed E-state index contributed by atoms with van der Waals surface area (Å²) in [6.07, 6.45) is 3.16. The lowest BCUT2D eigenvalue weighted by Crippen LogP contribution is -2.21. The number of hydrogen-bond donors (Lipinski definition) is 1. The van der Waals surface area contributed by atoms with E-state index in [0.717, 1.165) is 31.6 Å². The molecule has 0 aliphatic carbocycles. The molecule has 76 valence electrons. The largest absolute Gasteiger partial charge is 0.493 e. The highest BCUT2D eigenvalue weighted by Gasteiger charge is 2.19. The lowest BCUT2D eigenvalue weighted by Gasteiger charge is -2.25. The van der Waals surface area contributed by atoms with E-state index in [2.05, 4.69) is 25.1 Å². The van der Waals surface area contributed by atoms with E-state index in [1.165, 1.54) is 11.1 Å². The van der Waals surface area contributed by atoms with Crippen LogP contribution in [0, 0.1) is 0 Å². The minimum atomic E-state index is 0.163. The van der Waals surface area contributed by atoms with E-state index < -0.39 is 0 Å². The van der Waals surface area contributed by atoms with Crippen molar-refractivity contribution in [2.24, 2.45) is 5.73 Å². The van der Waals surface area contributed by atoms with Gasteiger partial charge in [-0.1, -0.05) is 31.5 Å². The van der Waals surface area contributed by atoms with Crippen molar-refractivity contribution in [3.8, 4) is 5.75 Å². The summed E-state index contributed by atoms with van der Waals surface area (Å²) in [4.78, 5) is 0. The van der Waals surface area contributed by atoms with Crippen LogP contribution in [0.5, 0.6) is 5.75 Å². The average molecular weight is 191 g/mol. The zero-order chi connectivity index (χ0) is 9.97. The summed E-state index contributed by atoms with van der Waals surface area (Å²) in [5.74, 6) is 1.05. The van der Waals surface area contributed by atoms with E-state index in [0.29, 0.717) is 0 Å². The van der Waals surface area contributed by atoms with E-state index in [1.54, 1.807) is 0 Å². The Hall–Kier alpha value is -1.02. The molecule has 0 bridgehead atoms. The fourth-order valence-electron chi connectivity index (χ4n) is 1.98. The first kappa shape index (κ1) is 9.53. The van der Waals surface area contributed by atoms with Gasteiger partial charge in [0.05, 0.1) is 6.61 Å². The molecule has 2 nitrogen and oxygen atoms in total. The van der Waals surface area contributed by atoms with Gasteiger partial charge in [-0.2, -0.15) is 0 Å². The standard InChI is InChI=1S/C12H17NO/c1-2-4-9-5-3-6-10-11(13)7-8-14-12(9)10/h3,5-6,11H,2,4,7-8,13H2,1H3/t11-/m0/s1. The second-order valence-electron chi connectivity index (χ2n) is 3.83. The van der Waals surface area contributed by atoms with Crippen molar-refractivity contribution in [2.75, 3.05) is 6.61 Å². The van der Waals surface area contributed by atoms with Crippen LogP contribution in [0.4, 0.5) is 0 Å². The van der Waals surface area contributed by atoms with Crippen LogP contribution < -0.4 is 10.5 Å². The van der Waals surface area contributed by atoms with Crippen molar-refractivity contribution >= 4 is 0 Å². The SMILES string of the molecule is CCCc1cccc2c1OCC[C@@H]2N. The Bertz CT molecular complexity index is 322. The molecule has 0 spiro atoms. The van der Waals surface area contributed by atoms with Gasteiger partial charge in [-0.3, -0.25) is 0 Å². The summed E-state index contributed by atoms with van der Waals surface area (Å²) in [5.41, 5.74) is 8.52. The second kappa shape index (κ2) is 4.01. The molecule has 2 heteroatoms. The zero-order valence-electron chi connectivity index (χ0n) is 8.62. The zero-order valence-corrected chi connectivity index (χ0v) is 8.62. The van der Waals surface area contributed by atoms with Crippen molar-refractivity contribution in [1.29, 1.82) is 0 Å². The Morgan fingerprint density at radius 1 is 1.50 bits per heavy atom. The highest BCUT2D eigenvalue weighted by molar-refractivity contribution is 5.44. The third-order valence-electron chi connectivity index (χ3n) is 2.72. The summed E-state index contributed by atoms with van der Waals surface area (Å²) < 4.78 is 5.70. The van der Waals surface area contributed by atoms with E-state index in [9.17, 15) is 0 Å². The quantitative estimate of drug-likeness (QED) is 0.779. The molecule has 1 aliphatic heterocycles. The molecule has 1 atom stereocenters. The first-order chi connectivity index (χ1) is 6.83. The molecule has 1 heterocycles. The molecule has 1 aromatic rings. The number of benzene rings is 1. The lowest BCUT2D eigenvalue weighted by molar-refractivity contribution is 0.266. The minimum absolute atomic E-state index is 0.163. The molecule has 0 radical (unpaired) electrons. The Morgan fingerprint density at radius 3 is 3.14 bits per heavy atom. The van der Waals surface area contributed by atoms with Crippen molar-refractivity contribution < 1.29 is 4.74 Å². The molecule has 0 saturated carbocycles. The van der Waals surface area contributed by atoms with Crippen molar-refractivity contribution in [3.63, 3.8) is 0 Å². The van der Waals surface area contributed by atoms with Gasteiger partial charge in [0.25, 0.3) is 0 Å². The molecule has 1 aliphatic rings. The number of aryl methyl sites for hydroxylation is 1. The highest BCUT2D eigenvalue weighted by atomic mass is 16.5. The van der Waals surface area contributed by atoms with Gasteiger partial charge < -0.3 is 10.5 Å². The minimum Gasteiger partial charge on any atom is -0.493 e. The maximum atomic E-state index is 6.03. The van der Waals surface area contributed by atoms with Crippen LogP contribution in [0.1, 0.15) is 36.9 Å². The fraction of sp³-hybridized carbons (Fsp3) is 0.500. The lowest BCUT2D eigenvalue weighted by atomic mass is 9.97. The Kier molecular flexibility index (Phi) is 2.73. The summed E-state index contributed by atoms with van der Waals surface area (Å²) >= 11 is 0. The second-order valence-corrected chi connectivity index (χ2v) is 3.83. The van der Waals surface area contributed by atoms with Gasteiger partial charge >= 0.3 is 0 Å². The van der Waals surface area contributed by atoms with Crippen LogP contribution in [-0.2, 0) is 6.42 Å². The topological polar surface area (TPSA) is 35.2 Å². The Morgan fingerprint density at radius 2 is 2.36 bits per heavy atom. The van der Waals surface area contributed by atoms with Gasteiger partial charge in [-0.25, -0.2) is 0 Å². The van der Waals surface area contributed by atoms with Gasteiger partial charge in [0, 0.05) is 18.0 Å². The Balaban J connectivity index is 2.39. The molecule has 14 heavy (non-hydrogen) atoms. The highest BCUT2D eigenvalue weighted by Crippen LogP contribution is 2.33. The number of rotatable bonds is 2. The third kappa shape index (κ3) is 1.62. The number of para-hydroxylation sites is 1. The molecule has 1 aromatic carbocycles. The van der Waals surface area contributed by atoms with Gasteiger partial charge in [0.2, 0.25) is 0 Å². The molecule has 2 N–H and O–H groups in total. The molecular weight excluding hydrogens is 174 g/mol. The average Bonchev–Trinajstić information content (AvgIpc) is 2.20. The van der Waals surface area contributed by atoms with E-state index in [4.69, 9.17) is 10.5 Å². The maximum absolute atomic E-state index is 6.03. The van der Waals surface area contributed by atoms with Crippen molar-refractivity contribution in [3.05, 3.63) is 29.3 Å². The number of hydrogen-bond acceptors (Lipinski definition) is 2. The van der Waals surface area contributed by atoms with Crippen LogP contribution in [0.25, 0.3) is 0 Å². The van der Waals surface area contributed by atoms with Crippen LogP contribution in [0.3, 0.4) is 0 Å². The molecule has 0 aromatic heterocycles. The molecule has 0 fully saturated rings. The van der Waals surface area contributed by atoms with Crippen LogP contribution in [0.2, 0.25) is 0 Å². The van der Waals surface area contributed by atoms with E-state index in [1.807, 2.05) is 0 Å². The molecule has 0 amide bonds. The molecule has 0 unspecified atom stereocenters. The van der Waals surface area contributed by atoms with Crippen LogP contribution in [0.15, 0.2) is 18.2 Å². The summed E-state index contributed by atoms with van der Waals surface area (Å²) in [5, 5.41) is 0.